The lowest BCUT2D eigenvalue weighted by molar-refractivity contribution is 0.327. The Kier molecular flexibility index (Phi) is 7.77. The molecule has 0 heterocycles. The van der Waals surface area contributed by atoms with E-state index in [-0.39, 0.29) is 32.4 Å². The molecule has 11 heteroatoms. The topological polar surface area (TPSA) is 111 Å². The van der Waals surface area contributed by atoms with Gasteiger partial charge in [-0.25, -0.2) is 4.83 Å². The molecular weight excluding hydrogens is 532 g/mol. The summed E-state index contributed by atoms with van der Waals surface area (Å²) in [6, 6.07) is 17.1. The summed E-state index contributed by atoms with van der Waals surface area (Å²) in [5.41, 5.74) is 1.36. The van der Waals surface area contributed by atoms with E-state index in [0.717, 1.165) is 5.56 Å². The first kappa shape index (κ1) is 24.7. The van der Waals surface area contributed by atoms with Crippen molar-refractivity contribution < 1.29 is 25.8 Å². The first-order valence-electron chi connectivity index (χ1n) is 9.70. The van der Waals surface area contributed by atoms with Crippen LogP contribution >= 0.6 is 15.9 Å². The van der Waals surface area contributed by atoms with Crippen LogP contribution in [0.1, 0.15) is 18.1 Å². The third-order valence-corrected chi connectivity index (χ3v) is 7.34. The second-order valence-electron chi connectivity index (χ2n) is 6.78. The van der Waals surface area contributed by atoms with Crippen LogP contribution in [-0.4, -0.2) is 29.7 Å². The molecule has 3 aromatic carbocycles. The Bertz CT molecular complexity index is 1360. The molecule has 0 amide bonds. The summed E-state index contributed by atoms with van der Waals surface area (Å²) in [4.78, 5) is 2.21. The fraction of sp³-hybridized carbons (Fsp3) is 0.136. The van der Waals surface area contributed by atoms with E-state index in [0.29, 0.717) is 5.56 Å². The SMILES string of the molecule is CCOc1cc(/C=N\NS(=O)(=O)c2ccccc2)cc(Br)c1OS(=O)(=O)c1ccc(C)cc1. The highest BCUT2D eigenvalue weighted by Gasteiger charge is 2.22. The number of rotatable bonds is 9. The zero-order valence-electron chi connectivity index (χ0n) is 17.7. The molecule has 0 aromatic heterocycles. The van der Waals surface area contributed by atoms with Crippen molar-refractivity contribution in [2.45, 2.75) is 23.6 Å². The van der Waals surface area contributed by atoms with E-state index in [2.05, 4.69) is 25.9 Å². The lowest BCUT2D eigenvalue weighted by atomic mass is 10.2. The predicted molar refractivity (Wildman–Crippen MR) is 129 cm³/mol. The van der Waals surface area contributed by atoms with Crippen LogP contribution in [0.2, 0.25) is 0 Å². The monoisotopic (exact) mass is 552 g/mol. The number of halogens is 1. The van der Waals surface area contributed by atoms with Crippen LogP contribution in [0.4, 0.5) is 0 Å². The molecule has 3 rings (SSSR count). The van der Waals surface area contributed by atoms with Crippen molar-refractivity contribution in [2.24, 2.45) is 5.10 Å². The molecule has 0 aliphatic rings. The fourth-order valence-corrected chi connectivity index (χ4v) is 5.11. The maximum atomic E-state index is 12.7. The zero-order valence-corrected chi connectivity index (χ0v) is 20.9. The summed E-state index contributed by atoms with van der Waals surface area (Å²) in [5.74, 6) is 0.120. The van der Waals surface area contributed by atoms with Crippen LogP contribution in [0.5, 0.6) is 11.5 Å². The number of sulfonamides is 1. The van der Waals surface area contributed by atoms with Gasteiger partial charge in [0, 0.05) is 0 Å². The number of nitrogens with zero attached hydrogens (tertiary/aromatic N) is 1. The van der Waals surface area contributed by atoms with Crippen molar-refractivity contribution >= 4 is 42.3 Å². The highest BCUT2D eigenvalue weighted by molar-refractivity contribution is 9.10. The van der Waals surface area contributed by atoms with Crippen molar-refractivity contribution in [3.8, 4) is 11.5 Å². The molecule has 33 heavy (non-hydrogen) atoms. The molecule has 0 spiro atoms. The Hall–Kier alpha value is -2.89. The minimum Gasteiger partial charge on any atom is -0.490 e. The van der Waals surface area contributed by atoms with Gasteiger partial charge in [0.15, 0.2) is 11.5 Å². The van der Waals surface area contributed by atoms with Crippen molar-refractivity contribution in [3.05, 3.63) is 82.3 Å². The number of hydrogen-bond acceptors (Lipinski definition) is 7. The summed E-state index contributed by atoms with van der Waals surface area (Å²) >= 11 is 3.30. The first-order valence-corrected chi connectivity index (χ1v) is 13.4. The van der Waals surface area contributed by atoms with Gasteiger partial charge < -0.3 is 8.92 Å². The third-order valence-electron chi connectivity index (χ3n) is 4.27. The maximum Gasteiger partial charge on any atom is 0.339 e. The Labute approximate surface area is 201 Å². The van der Waals surface area contributed by atoms with E-state index >= 15 is 0 Å². The summed E-state index contributed by atoms with van der Waals surface area (Å²) in [6.45, 7) is 3.83. The molecule has 0 saturated carbocycles. The van der Waals surface area contributed by atoms with E-state index < -0.39 is 20.1 Å². The van der Waals surface area contributed by atoms with Crippen molar-refractivity contribution in [1.82, 2.24) is 4.83 Å². The predicted octanol–water partition coefficient (Wildman–Crippen LogP) is 4.24. The lowest BCUT2D eigenvalue weighted by Crippen LogP contribution is -2.18. The van der Waals surface area contributed by atoms with Gasteiger partial charge in [0.25, 0.3) is 10.0 Å². The van der Waals surface area contributed by atoms with Gasteiger partial charge in [0.2, 0.25) is 0 Å². The summed E-state index contributed by atoms with van der Waals surface area (Å²) in [5, 5.41) is 3.79. The summed E-state index contributed by atoms with van der Waals surface area (Å²) in [6.07, 6.45) is 1.27. The van der Waals surface area contributed by atoms with Crippen LogP contribution in [0.15, 0.2) is 86.1 Å². The van der Waals surface area contributed by atoms with Gasteiger partial charge in [-0.15, -0.1) is 0 Å². The molecule has 0 unspecified atom stereocenters. The van der Waals surface area contributed by atoms with Gasteiger partial charge in [0.05, 0.1) is 22.2 Å². The van der Waals surface area contributed by atoms with Crippen LogP contribution < -0.4 is 13.8 Å². The Morgan fingerprint density at radius 3 is 2.27 bits per heavy atom. The highest BCUT2D eigenvalue weighted by Crippen LogP contribution is 2.38. The molecule has 0 bridgehead atoms. The number of nitrogens with one attached hydrogen (secondary N) is 1. The molecule has 1 N–H and O–H groups in total. The van der Waals surface area contributed by atoms with E-state index in [1.165, 1.54) is 42.6 Å². The lowest BCUT2D eigenvalue weighted by Gasteiger charge is -2.14. The van der Waals surface area contributed by atoms with Crippen molar-refractivity contribution in [1.29, 1.82) is 0 Å². The maximum absolute atomic E-state index is 12.7. The Morgan fingerprint density at radius 2 is 1.64 bits per heavy atom. The summed E-state index contributed by atoms with van der Waals surface area (Å²) < 4.78 is 61.2. The number of benzene rings is 3. The van der Waals surface area contributed by atoms with Crippen LogP contribution in [0.25, 0.3) is 0 Å². The number of aryl methyl sites for hydroxylation is 1. The van der Waals surface area contributed by atoms with Crippen LogP contribution in [0.3, 0.4) is 0 Å². The van der Waals surface area contributed by atoms with Crippen molar-refractivity contribution in [2.75, 3.05) is 6.61 Å². The van der Waals surface area contributed by atoms with E-state index in [1.54, 1.807) is 37.3 Å². The number of hydrogen-bond donors (Lipinski definition) is 1. The van der Waals surface area contributed by atoms with Gasteiger partial charge in [-0.05, 0) is 71.7 Å². The van der Waals surface area contributed by atoms with Gasteiger partial charge in [0.1, 0.15) is 4.90 Å². The van der Waals surface area contributed by atoms with E-state index in [4.69, 9.17) is 8.92 Å². The highest BCUT2D eigenvalue weighted by atomic mass is 79.9. The second-order valence-corrected chi connectivity index (χ2v) is 10.8. The zero-order chi connectivity index (χ0) is 24.1. The molecule has 0 aliphatic carbocycles. The quantitative estimate of drug-likeness (QED) is 0.241. The molecule has 8 nitrogen and oxygen atoms in total. The van der Waals surface area contributed by atoms with Gasteiger partial charge >= 0.3 is 10.1 Å². The smallest absolute Gasteiger partial charge is 0.339 e. The molecule has 0 saturated heterocycles. The average molecular weight is 553 g/mol. The molecule has 0 radical (unpaired) electrons. The van der Waals surface area contributed by atoms with Gasteiger partial charge in [-0.2, -0.15) is 21.9 Å². The number of ether oxygens (including phenoxy) is 1. The molecule has 0 fully saturated rings. The van der Waals surface area contributed by atoms with Crippen LogP contribution in [0, 0.1) is 6.92 Å². The Balaban J connectivity index is 1.86. The Morgan fingerprint density at radius 1 is 0.970 bits per heavy atom. The normalized spacial score (nSPS) is 12.0. The van der Waals surface area contributed by atoms with Crippen molar-refractivity contribution in [3.63, 3.8) is 0 Å². The molecule has 0 atom stereocenters. The molecule has 3 aromatic rings. The largest absolute Gasteiger partial charge is 0.490 e. The first-order chi connectivity index (χ1) is 15.6. The van der Waals surface area contributed by atoms with E-state index in [9.17, 15) is 16.8 Å². The minimum atomic E-state index is -4.11. The fourth-order valence-electron chi connectivity index (χ4n) is 2.69. The molecular formula is C22H21BrN2O6S2. The third kappa shape index (κ3) is 6.34. The van der Waals surface area contributed by atoms with Gasteiger partial charge in [-0.1, -0.05) is 35.9 Å². The average Bonchev–Trinajstić information content (AvgIpc) is 2.77. The minimum absolute atomic E-state index is 0.00315. The molecule has 174 valence electrons. The van der Waals surface area contributed by atoms with Crippen LogP contribution in [-0.2, 0) is 20.1 Å². The molecule has 0 aliphatic heterocycles. The van der Waals surface area contributed by atoms with Gasteiger partial charge in [-0.3, -0.25) is 0 Å². The standard InChI is InChI=1S/C22H21BrN2O6S2/c1-3-30-21-14-17(15-24-25-32(26,27)18-7-5-4-6-8-18)13-20(23)22(21)31-33(28,29)19-11-9-16(2)10-12-19/h4-15,25H,3H2,1-2H3/b24-15-. The van der Waals surface area contributed by atoms with E-state index in [1.807, 2.05) is 6.92 Å². The summed E-state index contributed by atoms with van der Waals surface area (Å²) in [7, 11) is -7.93. The second kappa shape index (κ2) is 10.4. The number of hydrazone groups is 1.